The largest absolute Gasteiger partial charge is 0.334 e. The van der Waals surface area contributed by atoms with Crippen molar-refractivity contribution in [3.05, 3.63) is 34.9 Å². The van der Waals surface area contributed by atoms with Gasteiger partial charge in [-0.05, 0) is 48.8 Å². The highest BCUT2D eigenvalue weighted by molar-refractivity contribution is 5.97. The highest BCUT2D eigenvalue weighted by Crippen LogP contribution is 2.49. The standard InChI is InChI=1S/C20H26N2O/c1-13(2)5-4-6-15-9-14(3)7-8-17(15)20(23)22-12-16-10-18(16)19(22)11-21/h7-9,13,16,18-19H,5,10-12,21H2,1-3H3/t16-,18-,19-/m1/s1. The van der Waals surface area contributed by atoms with Crippen molar-refractivity contribution >= 4 is 5.91 Å². The number of aryl methyl sites for hydroxylation is 1. The number of hydrogen-bond donors (Lipinski definition) is 1. The molecule has 23 heavy (non-hydrogen) atoms. The molecule has 1 aliphatic carbocycles. The minimum absolute atomic E-state index is 0.0986. The van der Waals surface area contributed by atoms with Gasteiger partial charge >= 0.3 is 0 Å². The van der Waals surface area contributed by atoms with Gasteiger partial charge in [0.25, 0.3) is 5.91 Å². The summed E-state index contributed by atoms with van der Waals surface area (Å²) in [5, 5.41) is 0. The molecule has 1 aliphatic heterocycles. The van der Waals surface area contributed by atoms with Crippen molar-refractivity contribution in [3.63, 3.8) is 0 Å². The van der Waals surface area contributed by atoms with Crippen LogP contribution in [0, 0.1) is 36.5 Å². The van der Waals surface area contributed by atoms with E-state index >= 15 is 0 Å². The maximum absolute atomic E-state index is 13.0. The molecule has 1 saturated carbocycles. The maximum atomic E-state index is 13.0. The topological polar surface area (TPSA) is 46.3 Å². The molecule has 3 nitrogen and oxygen atoms in total. The zero-order valence-corrected chi connectivity index (χ0v) is 14.3. The van der Waals surface area contributed by atoms with Crippen molar-refractivity contribution < 1.29 is 4.79 Å². The average Bonchev–Trinajstić information content (AvgIpc) is 3.17. The van der Waals surface area contributed by atoms with Crippen LogP contribution in [0.2, 0.25) is 0 Å². The first kappa shape index (κ1) is 16.1. The van der Waals surface area contributed by atoms with Crippen molar-refractivity contribution in [2.45, 2.75) is 39.7 Å². The fourth-order valence-corrected chi connectivity index (χ4v) is 3.56. The summed E-state index contributed by atoms with van der Waals surface area (Å²) < 4.78 is 0. The molecule has 1 amide bonds. The Balaban J connectivity index is 1.86. The quantitative estimate of drug-likeness (QED) is 0.873. The second-order valence-corrected chi connectivity index (χ2v) is 7.37. The number of fused-ring (bicyclic) bond motifs is 1. The molecule has 1 aromatic rings. The van der Waals surface area contributed by atoms with E-state index in [2.05, 4.69) is 25.7 Å². The molecule has 3 rings (SSSR count). The van der Waals surface area contributed by atoms with Crippen LogP contribution in [0.25, 0.3) is 0 Å². The van der Waals surface area contributed by atoms with Crippen LogP contribution in [0.5, 0.6) is 0 Å². The van der Waals surface area contributed by atoms with E-state index < -0.39 is 0 Å². The number of benzene rings is 1. The number of piperidine rings is 1. The predicted molar refractivity (Wildman–Crippen MR) is 93.0 cm³/mol. The Morgan fingerprint density at radius 3 is 2.91 bits per heavy atom. The lowest BCUT2D eigenvalue weighted by atomic mass is 10.0. The van der Waals surface area contributed by atoms with E-state index in [1.54, 1.807) is 0 Å². The van der Waals surface area contributed by atoms with Gasteiger partial charge < -0.3 is 10.6 Å². The maximum Gasteiger partial charge on any atom is 0.255 e. The van der Waals surface area contributed by atoms with Crippen LogP contribution in [0.1, 0.15) is 48.2 Å². The molecule has 2 aliphatic rings. The molecule has 0 aromatic heterocycles. The number of hydrogen-bond acceptors (Lipinski definition) is 2. The minimum atomic E-state index is 0.0986. The van der Waals surface area contributed by atoms with Crippen molar-refractivity contribution in [2.75, 3.05) is 13.1 Å². The van der Waals surface area contributed by atoms with Crippen molar-refractivity contribution in [1.82, 2.24) is 4.90 Å². The van der Waals surface area contributed by atoms with E-state index in [1.165, 1.54) is 6.42 Å². The SMILES string of the molecule is Cc1ccc(C(=O)N2C[C@H]3C[C@H]3[C@H]2CN)c(C#CCC(C)C)c1. The third kappa shape index (κ3) is 3.28. The summed E-state index contributed by atoms with van der Waals surface area (Å²) in [6.45, 7) is 7.76. The van der Waals surface area contributed by atoms with Gasteiger partial charge in [-0.2, -0.15) is 0 Å². The van der Waals surface area contributed by atoms with Gasteiger partial charge in [-0.3, -0.25) is 4.79 Å². The number of carbonyl (C=O) groups excluding carboxylic acids is 1. The van der Waals surface area contributed by atoms with Crippen LogP contribution in [0.15, 0.2) is 18.2 Å². The molecular formula is C20H26N2O. The van der Waals surface area contributed by atoms with E-state index in [4.69, 9.17) is 5.73 Å². The molecule has 1 heterocycles. The summed E-state index contributed by atoms with van der Waals surface area (Å²) >= 11 is 0. The molecule has 1 saturated heterocycles. The second kappa shape index (κ2) is 6.37. The van der Waals surface area contributed by atoms with Gasteiger partial charge in [-0.1, -0.05) is 31.8 Å². The number of nitrogens with two attached hydrogens (primary N) is 1. The molecule has 0 bridgehead atoms. The van der Waals surface area contributed by atoms with E-state index in [-0.39, 0.29) is 11.9 Å². The predicted octanol–water partition coefficient (Wildman–Crippen LogP) is 2.81. The van der Waals surface area contributed by atoms with Gasteiger partial charge in [0.05, 0.1) is 5.56 Å². The summed E-state index contributed by atoms with van der Waals surface area (Å²) in [5.74, 6) is 8.37. The number of likely N-dealkylation sites (tertiary alicyclic amines) is 1. The van der Waals surface area contributed by atoms with E-state index in [1.807, 2.05) is 30.0 Å². The fraction of sp³-hybridized carbons (Fsp3) is 0.550. The molecule has 0 spiro atoms. The zero-order valence-electron chi connectivity index (χ0n) is 14.3. The molecule has 1 aromatic carbocycles. The van der Waals surface area contributed by atoms with Gasteiger partial charge in [0, 0.05) is 31.1 Å². The van der Waals surface area contributed by atoms with Crippen LogP contribution in [-0.2, 0) is 0 Å². The number of amides is 1. The zero-order chi connectivity index (χ0) is 16.6. The van der Waals surface area contributed by atoms with Gasteiger partial charge in [-0.15, -0.1) is 0 Å². The Hall–Kier alpha value is -1.79. The van der Waals surface area contributed by atoms with Gasteiger partial charge in [0.2, 0.25) is 0 Å². The molecule has 2 N–H and O–H groups in total. The Bertz CT molecular complexity index is 668. The van der Waals surface area contributed by atoms with E-state index in [0.29, 0.717) is 24.3 Å². The smallest absolute Gasteiger partial charge is 0.255 e. The lowest BCUT2D eigenvalue weighted by Crippen LogP contribution is -2.43. The highest BCUT2D eigenvalue weighted by Gasteiger charge is 2.53. The lowest BCUT2D eigenvalue weighted by Gasteiger charge is -2.27. The van der Waals surface area contributed by atoms with Crippen LogP contribution < -0.4 is 5.73 Å². The Morgan fingerprint density at radius 1 is 1.43 bits per heavy atom. The van der Waals surface area contributed by atoms with Gasteiger partial charge in [-0.25, -0.2) is 0 Å². The highest BCUT2D eigenvalue weighted by atomic mass is 16.2. The van der Waals surface area contributed by atoms with Crippen molar-refractivity contribution in [3.8, 4) is 11.8 Å². The van der Waals surface area contributed by atoms with Crippen molar-refractivity contribution in [1.29, 1.82) is 0 Å². The molecule has 2 fully saturated rings. The van der Waals surface area contributed by atoms with Crippen LogP contribution >= 0.6 is 0 Å². The first-order chi connectivity index (χ1) is 11.0. The average molecular weight is 310 g/mol. The second-order valence-electron chi connectivity index (χ2n) is 7.37. The Kier molecular flexibility index (Phi) is 4.46. The third-order valence-electron chi connectivity index (χ3n) is 4.94. The fourth-order valence-electron chi connectivity index (χ4n) is 3.56. The van der Waals surface area contributed by atoms with Crippen LogP contribution in [-0.4, -0.2) is 29.9 Å². The van der Waals surface area contributed by atoms with Gasteiger partial charge in [0.15, 0.2) is 0 Å². The summed E-state index contributed by atoms with van der Waals surface area (Å²) in [6, 6.07) is 6.16. The number of carbonyl (C=O) groups is 1. The molecule has 3 atom stereocenters. The molecule has 122 valence electrons. The number of rotatable bonds is 3. The lowest BCUT2D eigenvalue weighted by molar-refractivity contribution is 0.0712. The van der Waals surface area contributed by atoms with Gasteiger partial charge in [0.1, 0.15) is 0 Å². The normalized spacial score (nSPS) is 25.1. The summed E-state index contributed by atoms with van der Waals surface area (Å²) in [5.41, 5.74) is 8.63. The van der Waals surface area contributed by atoms with E-state index in [9.17, 15) is 4.79 Å². The van der Waals surface area contributed by atoms with Crippen molar-refractivity contribution in [2.24, 2.45) is 23.5 Å². The summed E-state index contributed by atoms with van der Waals surface area (Å²) in [4.78, 5) is 15.0. The van der Waals surface area contributed by atoms with Crippen LogP contribution in [0.4, 0.5) is 0 Å². The minimum Gasteiger partial charge on any atom is -0.334 e. The first-order valence-corrected chi connectivity index (χ1v) is 8.61. The number of nitrogens with zero attached hydrogens (tertiary/aromatic N) is 1. The van der Waals surface area contributed by atoms with Crippen LogP contribution in [0.3, 0.4) is 0 Å². The summed E-state index contributed by atoms with van der Waals surface area (Å²) in [6.07, 6.45) is 2.08. The summed E-state index contributed by atoms with van der Waals surface area (Å²) in [7, 11) is 0. The molecule has 3 heteroatoms. The first-order valence-electron chi connectivity index (χ1n) is 8.61. The Morgan fingerprint density at radius 2 is 2.22 bits per heavy atom. The monoisotopic (exact) mass is 310 g/mol. The molecular weight excluding hydrogens is 284 g/mol. The third-order valence-corrected chi connectivity index (χ3v) is 4.94. The molecule has 0 radical (unpaired) electrons. The molecule has 0 unspecified atom stereocenters. The van der Waals surface area contributed by atoms with E-state index in [0.717, 1.165) is 29.7 Å². The Labute approximate surface area is 139 Å².